The molecular formula is C13H23N5. The zero-order chi connectivity index (χ0) is 13.1. The topological polar surface area (TPSA) is 58.3 Å². The van der Waals surface area contributed by atoms with E-state index in [2.05, 4.69) is 40.8 Å². The van der Waals surface area contributed by atoms with Crippen LogP contribution in [0.5, 0.6) is 0 Å². The highest BCUT2D eigenvalue weighted by Crippen LogP contribution is 2.12. The molecule has 2 heterocycles. The average Bonchev–Trinajstić information content (AvgIpc) is 2.33. The van der Waals surface area contributed by atoms with Crippen molar-refractivity contribution >= 4 is 5.82 Å². The minimum atomic E-state index is 0.482. The SMILES string of the molecule is CCc1cc(N)nc(CC2CN(C)CCN2C)n1. The predicted molar refractivity (Wildman–Crippen MR) is 73.4 cm³/mol. The lowest BCUT2D eigenvalue weighted by atomic mass is 10.1. The van der Waals surface area contributed by atoms with Crippen LogP contribution < -0.4 is 5.73 Å². The van der Waals surface area contributed by atoms with Crippen molar-refractivity contribution in [3.05, 3.63) is 17.6 Å². The first-order chi connectivity index (χ1) is 8.58. The molecule has 1 unspecified atom stereocenters. The number of nitrogen functional groups attached to an aromatic ring is 1. The van der Waals surface area contributed by atoms with Crippen LogP contribution in [0, 0.1) is 0 Å². The number of hydrogen-bond donors (Lipinski definition) is 1. The third-order valence-corrected chi connectivity index (χ3v) is 3.61. The molecule has 1 saturated heterocycles. The number of hydrogen-bond acceptors (Lipinski definition) is 5. The molecule has 5 nitrogen and oxygen atoms in total. The van der Waals surface area contributed by atoms with Gasteiger partial charge in [0.05, 0.1) is 0 Å². The first kappa shape index (κ1) is 13.2. The molecule has 0 aromatic carbocycles. The van der Waals surface area contributed by atoms with Crippen LogP contribution in [0.4, 0.5) is 5.82 Å². The van der Waals surface area contributed by atoms with E-state index < -0.39 is 0 Å². The molecule has 0 saturated carbocycles. The third kappa shape index (κ3) is 3.17. The smallest absolute Gasteiger partial charge is 0.132 e. The molecular weight excluding hydrogens is 226 g/mol. The molecule has 18 heavy (non-hydrogen) atoms. The van der Waals surface area contributed by atoms with Crippen LogP contribution in [0.25, 0.3) is 0 Å². The van der Waals surface area contributed by atoms with Gasteiger partial charge >= 0.3 is 0 Å². The average molecular weight is 249 g/mol. The fourth-order valence-corrected chi connectivity index (χ4v) is 2.38. The van der Waals surface area contributed by atoms with Crippen LogP contribution in [0.3, 0.4) is 0 Å². The maximum absolute atomic E-state index is 5.83. The Balaban J connectivity index is 2.10. The molecule has 0 amide bonds. The first-order valence-electron chi connectivity index (χ1n) is 6.59. The van der Waals surface area contributed by atoms with E-state index in [0.29, 0.717) is 11.9 Å². The largest absolute Gasteiger partial charge is 0.384 e. The van der Waals surface area contributed by atoms with E-state index in [0.717, 1.165) is 44.0 Å². The van der Waals surface area contributed by atoms with E-state index in [1.165, 1.54) is 0 Å². The van der Waals surface area contributed by atoms with Crippen molar-refractivity contribution in [2.75, 3.05) is 39.5 Å². The predicted octanol–water partition coefficient (Wildman–Crippen LogP) is 0.410. The van der Waals surface area contributed by atoms with Gasteiger partial charge in [-0.05, 0) is 20.5 Å². The van der Waals surface area contributed by atoms with Gasteiger partial charge in [-0.25, -0.2) is 9.97 Å². The van der Waals surface area contributed by atoms with Crippen molar-refractivity contribution in [1.29, 1.82) is 0 Å². The van der Waals surface area contributed by atoms with Gasteiger partial charge in [0.15, 0.2) is 0 Å². The molecule has 1 aromatic rings. The summed E-state index contributed by atoms with van der Waals surface area (Å²) in [5.41, 5.74) is 6.86. The Kier molecular flexibility index (Phi) is 4.14. The van der Waals surface area contributed by atoms with E-state index in [1.54, 1.807) is 0 Å². The molecule has 0 bridgehead atoms. The minimum Gasteiger partial charge on any atom is -0.384 e. The van der Waals surface area contributed by atoms with Crippen LogP contribution in [0.1, 0.15) is 18.4 Å². The summed E-state index contributed by atoms with van der Waals surface area (Å²) in [5.74, 6) is 1.46. The van der Waals surface area contributed by atoms with Crippen LogP contribution in [-0.4, -0.2) is 59.5 Å². The highest BCUT2D eigenvalue weighted by molar-refractivity contribution is 5.30. The fourth-order valence-electron chi connectivity index (χ4n) is 2.38. The van der Waals surface area contributed by atoms with Crippen molar-refractivity contribution in [3.63, 3.8) is 0 Å². The van der Waals surface area contributed by atoms with E-state index >= 15 is 0 Å². The Morgan fingerprint density at radius 1 is 1.33 bits per heavy atom. The number of aryl methyl sites for hydroxylation is 1. The van der Waals surface area contributed by atoms with Gasteiger partial charge in [0, 0.05) is 43.9 Å². The zero-order valence-electron chi connectivity index (χ0n) is 11.6. The summed E-state index contributed by atoms with van der Waals surface area (Å²) in [5, 5.41) is 0. The maximum atomic E-state index is 5.83. The second-order valence-corrected chi connectivity index (χ2v) is 5.15. The quantitative estimate of drug-likeness (QED) is 0.841. The second kappa shape index (κ2) is 5.63. The molecule has 0 radical (unpaired) electrons. The standard InChI is InChI=1S/C13H23N5/c1-4-10-7-12(14)16-13(15-10)8-11-9-17(2)5-6-18(11)3/h7,11H,4-6,8-9H2,1-3H3,(H2,14,15,16). The Hall–Kier alpha value is -1.20. The van der Waals surface area contributed by atoms with E-state index in [9.17, 15) is 0 Å². The van der Waals surface area contributed by atoms with Crippen molar-refractivity contribution in [2.24, 2.45) is 0 Å². The second-order valence-electron chi connectivity index (χ2n) is 5.15. The molecule has 5 heteroatoms. The molecule has 1 fully saturated rings. The number of nitrogens with zero attached hydrogens (tertiary/aromatic N) is 4. The summed E-state index contributed by atoms with van der Waals surface area (Å²) in [6, 6.07) is 2.34. The summed E-state index contributed by atoms with van der Waals surface area (Å²) in [4.78, 5) is 13.7. The van der Waals surface area contributed by atoms with E-state index in [-0.39, 0.29) is 0 Å². The lowest BCUT2D eigenvalue weighted by Crippen LogP contribution is -2.51. The molecule has 0 aliphatic carbocycles. The van der Waals surface area contributed by atoms with Gasteiger partial charge in [0.2, 0.25) is 0 Å². The molecule has 2 N–H and O–H groups in total. The highest BCUT2D eigenvalue weighted by Gasteiger charge is 2.23. The number of rotatable bonds is 3. The normalized spacial score (nSPS) is 22.3. The monoisotopic (exact) mass is 249 g/mol. The van der Waals surface area contributed by atoms with E-state index in [4.69, 9.17) is 5.73 Å². The summed E-state index contributed by atoms with van der Waals surface area (Å²) in [6.07, 6.45) is 1.78. The van der Waals surface area contributed by atoms with Gasteiger partial charge in [-0.1, -0.05) is 6.92 Å². The van der Waals surface area contributed by atoms with Gasteiger partial charge in [-0.15, -0.1) is 0 Å². The van der Waals surface area contributed by atoms with Gasteiger partial charge < -0.3 is 15.5 Å². The number of piperazine rings is 1. The lowest BCUT2D eigenvalue weighted by Gasteiger charge is -2.37. The van der Waals surface area contributed by atoms with Crippen LogP contribution in [0.2, 0.25) is 0 Å². The van der Waals surface area contributed by atoms with Gasteiger partial charge in [0.25, 0.3) is 0 Å². The molecule has 1 aliphatic heterocycles. The number of nitrogens with two attached hydrogens (primary N) is 1. The Morgan fingerprint density at radius 2 is 2.11 bits per heavy atom. The summed E-state index contributed by atoms with van der Waals surface area (Å²) >= 11 is 0. The van der Waals surface area contributed by atoms with Crippen molar-refractivity contribution in [3.8, 4) is 0 Å². The highest BCUT2D eigenvalue weighted by atomic mass is 15.3. The Bertz CT molecular complexity index is 406. The number of likely N-dealkylation sites (N-methyl/N-ethyl adjacent to an activating group) is 2. The Labute approximate surface area is 109 Å². The van der Waals surface area contributed by atoms with Crippen molar-refractivity contribution in [2.45, 2.75) is 25.8 Å². The molecule has 0 spiro atoms. The maximum Gasteiger partial charge on any atom is 0.132 e. The molecule has 100 valence electrons. The van der Waals surface area contributed by atoms with Crippen LogP contribution >= 0.6 is 0 Å². The fraction of sp³-hybridized carbons (Fsp3) is 0.692. The van der Waals surface area contributed by atoms with Gasteiger partial charge in [-0.2, -0.15) is 0 Å². The summed E-state index contributed by atoms with van der Waals surface area (Å²) in [6.45, 7) is 5.39. The Morgan fingerprint density at radius 3 is 2.83 bits per heavy atom. The summed E-state index contributed by atoms with van der Waals surface area (Å²) in [7, 11) is 4.34. The van der Waals surface area contributed by atoms with E-state index in [1.807, 2.05) is 6.07 Å². The zero-order valence-corrected chi connectivity index (χ0v) is 11.6. The van der Waals surface area contributed by atoms with Gasteiger partial charge in [-0.3, -0.25) is 0 Å². The first-order valence-corrected chi connectivity index (χ1v) is 6.59. The van der Waals surface area contributed by atoms with Crippen molar-refractivity contribution < 1.29 is 0 Å². The van der Waals surface area contributed by atoms with Crippen molar-refractivity contribution in [1.82, 2.24) is 19.8 Å². The lowest BCUT2D eigenvalue weighted by molar-refractivity contribution is 0.113. The number of aromatic nitrogens is 2. The van der Waals surface area contributed by atoms with Gasteiger partial charge in [0.1, 0.15) is 11.6 Å². The minimum absolute atomic E-state index is 0.482. The molecule has 1 aromatic heterocycles. The summed E-state index contributed by atoms with van der Waals surface area (Å²) < 4.78 is 0. The van der Waals surface area contributed by atoms with Crippen LogP contribution in [0.15, 0.2) is 6.07 Å². The number of anilines is 1. The molecule has 1 atom stereocenters. The molecule has 2 rings (SSSR count). The third-order valence-electron chi connectivity index (χ3n) is 3.61. The molecule has 1 aliphatic rings. The van der Waals surface area contributed by atoms with Crippen LogP contribution in [-0.2, 0) is 12.8 Å².